The van der Waals surface area contributed by atoms with E-state index < -0.39 is 5.91 Å². The van der Waals surface area contributed by atoms with Crippen LogP contribution in [0.2, 0.25) is 0 Å². The summed E-state index contributed by atoms with van der Waals surface area (Å²) < 4.78 is 10.5. The summed E-state index contributed by atoms with van der Waals surface area (Å²) >= 11 is 0. The highest BCUT2D eigenvalue weighted by molar-refractivity contribution is 14.0. The Bertz CT molecular complexity index is 636. The molecule has 0 atom stereocenters. The number of primary amides is 1. The Kier molecular flexibility index (Phi) is 12.6. The van der Waals surface area contributed by atoms with Gasteiger partial charge in [-0.2, -0.15) is 0 Å². The second-order valence-electron chi connectivity index (χ2n) is 6.85. The van der Waals surface area contributed by atoms with Gasteiger partial charge in [-0.25, -0.2) is 4.99 Å². The zero-order valence-corrected chi connectivity index (χ0v) is 19.7. The molecule has 1 heterocycles. The number of nitrogens with two attached hydrogens (primary N) is 1. The first-order valence-corrected chi connectivity index (χ1v) is 9.87. The predicted molar refractivity (Wildman–Crippen MR) is 126 cm³/mol. The van der Waals surface area contributed by atoms with Crippen LogP contribution in [0.3, 0.4) is 0 Å². The quantitative estimate of drug-likeness (QED) is 0.245. The van der Waals surface area contributed by atoms with Gasteiger partial charge in [0.05, 0.1) is 13.2 Å². The maximum absolute atomic E-state index is 10.9. The molecule has 1 aliphatic heterocycles. The number of rotatable bonds is 10. The third-order valence-corrected chi connectivity index (χ3v) is 4.58. The second-order valence-corrected chi connectivity index (χ2v) is 6.85. The normalized spacial score (nSPS) is 15.4. The van der Waals surface area contributed by atoms with Crippen LogP contribution in [0, 0.1) is 0 Å². The van der Waals surface area contributed by atoms with Crippen molar-refractivity contribution in [2.45, 2.75) is 32.4 Å². The molecule has 29 heavy (non-hydrogen) atoms. The molecule has 0 bridgehead atoms. The van der Waals surface area contributed by atoms with Crippen molar-refractivity contribution in [3.8, 4) is 5.75 Å². The van der Waals surface area contributed by atoms with Gasteiger partial charge in [-0.05, 0) is 37.5 Å². The van der Waals surface area contributed by atoms with E-state index in [1.54, 1.807) is 13.2 Å². The highest BCUT2D eigenvalue weighted by Crippen LogP contribution is 2.14. The summed E-state index contributed by atoms with van der Waals surface area (Å²) in [5.74, 6) is 0.949. The number of likely N-dealkylation sites (tertiary alicyclic amines) is 1. The van der Waals surface area contributed by atoms with Crippen LogP contribution in [0.25, 0.3) is 0 Å². The Hall–Kier alpha value is -1.59. The number of hydrogen-bond donors (Lipinski definition) is 3. The highest BCUT2D eigenvalue weighted by atomic mass is 127. The topological polar surface area (TPSA) is 101 Å². The smallest absolute Gasteiger partial charge is 0.255 e. The number of benzene rings is 1. The minimum atomic E-state index is -0.490. The number of ether oxygens (including phenoxy) is 2. The van der Waals surface area contributed by atoms with E-state index in [1.165, 1.54) is 0 Å². The lowest BCUT2D eigenvalue weighted by Crippen LogP contribution is -2.49. The summed E-state index contributed by atoms with van der Waals surface area (Å²) in [6.07, 6.45) is 2.18. The van der Waals surface area contributed by atoms with E-state index in [9.17, 15) is 4.79 Å². The van der Waals surface area contributed by atoms with E-state index in [0.717, 1.165) is 57.2 Å². The molecule has 0 aromatic heterocycles. The first kappa shape index (κ1) is 25.4. The van der Waals surface area contributed by atoms with Crippen LogP contribution >= 0.6 is 24.0 Å². The summed E-state index contributed by atoms with van der Waals surface area (Å²) in [5.41, 5.74) is 6.13. The molecule has 9 heteroatoms. The monoisotopic (exact) mass is 519 g/mol. The Morgan fingerprint density at radius 2 is 2.10 bits per heavy atom. The first-order chi connectivity index (χ1) is 13.6. The van der Waals surface area contributed by atoms with Crippen molar-refractivity contribution in [3.63, 3.8) is 0 Å². The second kappa shape index (κ2) is 14.4. The largest absolute Gasteiger partial charge is 0.484 e. The number of amides is 1. The van der Waals surface area contributed by atoms with Crippen molar-refractivity contribution in [3.05, 3.63) is 29.8 Å². The van der Waals surface area contributed by atoms with Crippen molar-refractivity contribution in [1.82, 2.24) is 15.5 Å². The van der Waals surface area contributed by atoms with Crippen LogP contribution in [0.4, 0.5) is 0 Å². The number of hydrogen-bond acceptors (Lipinski definition) is 5. The molecule has 0 radical (unpaired) electrons. The number of carbonyl (C=O) groups excluding carboxylic acids is 1. The van der Waals surface area contributed by atoms with E-state index in [1.807, 2.05) is 18.2 Å². The van der Waals surface area contributed by atoms with Crippen molar-refractivity contribution in [2.24, 2.45) is 10.7 Å². The number of methoxy groups -OCH3 is 1. The molecule has 1 fully saturated rings. The van der Waals surface area contributed by atoms with Crippen molar-refractivity contribution in [2.75, 3.05) is 46.5 Å². The van der Waals surface area contributed by atoms with Gasteiger partial charge < -0.3 is 30.7 Å². The summed E-state index contributed by atoms with van der Waals surface area (Å²) in [6.45, 7) is 7.17. The van der Waals surface area contributed by atoms with Crippen LogP contribution in [0.5, 0.6) is 5.75 Å². The fourth-order valence-corrected chi connectivity index (χ4v) is 3.09. The Balaban J connectivity index is 0.00000420. The van der Waals surface area contributed by atoms with Crippen LogP contribution in [-0.2, 0) is 16.1 Å². The average Bonchev–Trinajstić information content (AvgIpc) is 2.70. The van der Waals surface area contributed by atoms with Gasteiger partial charge in [-0.15, -0.1) is 24.0 Å². The van der Waals surface area contributed by atoms with E-state index in [4.69, 9.17) is 20.2 Å². The molecule has 1 aromatic carbocycles. The van der Waals surface area contributed by atoms with Gasteiger partial charge in [0, 0.05) is 39.3 Å². The van der Waals surface area contributed by atoms with Gasteiger partial charge in [-0.3, -0.25) is 4.79 Å². The number of carbonyl (C=O) groups is 1. The molecule has 0 aliphatic carbocycles. The molecule has 4 N–H and O–H groups in total. The molecule has 164 valence electrons. The lowest BCUT2D eigenvalue weighted by Gasteiger charge is -2.32. The van der Waals surface area contributed by atoms with Gasteiger partial charge in [0.25, 0.3) is 5.91 Å². The first-order valence-electron chi connectivity index (χ1n) is 9.87. The third kappa shape index (κ3) is 10.1. The molecule has 0 unspecified atom stereocenters. The fraction of sp³-hybridized carbons (Fsp3) is 0.600. The van der Waals surface area contributed by atoms with Gasteiger partial charge >= 0.3 is 0 Å². The SMILES string of the molecule is CCNC(=NCc1cccc(OCC(N)=O)c1)NC1CCN(CCOC)CC1.I. The lowest BCUT2D eigenvalue weighted by molar-refractivity contribution is -0.119. The van der Waals surface area contributed by atoms with E-state index >= 15 is 0 Å². The number of nitrogens with zero attached hydrogens (tertiary/aromatic N) is 2. The molecule has 1 aromatic rings. The zero-order valence-electron chi connectivity index (χ0n) is 17.4. The van der Waals surface area contributed by atoms with E-state index in [-0.39, 0.29) is 30.6 Å². The molecular formula is C20H34IN5O3. The van der Waals surface area contributed by atoms with Crippen LogP contribution in [-0.4, -0.2) is 69.3 Å². The van der Waals surface area contributed by atoms with Gasteiger partial charge in [0.15, 0.2) is 12.6 Å². The minimum absolute atomic E-state index is 0. The van der Waals surface area contributed by atoms with Gasteiger partial charge in [0.1, 0.15) is 5.75 Å². The average molecular weight is 519 g/mol. The number of piperidine rings is 1. The number of aliphatic imine (C=N–C) groups is 1. The highest BCUT2D eigenvalue weighted by Gasteiger charge is 2.19. The van der Waals surface area contributed by atoms with Crippen LogP contribution in [0.15, 0.2) is 29.3 Å². The van der Waals surface area contributed by atoms with Gasteiger partial charge in [0.2, 0.25) is 0 Å². The molecular weight excluding hydrogens is 485 g/mol. The fourth-order valence-electron chi connectivity index (χ4n) is 3.09. The van der Waals surface area contributed by atoms with Crippen molar-refractivity contribution >= 4 is 35.8 Å². The Labute approximate surface area is 190 Å². The summed E-state index contributed by atoms with van der Waals surface area (Å²) in [7, 11) is 1.74. The molecule has 0 saturated carbocycles. The lowest BCUT2D eigenvalue weighted by atomic mass is 10.1. The third-order valence-electron chi connectivity index (χ3n) is 4.58. The standard InChI is InChI=1S/C20H33N5O3.HI/c1-3-22-20(24-17-7-9-25(10-8-17)11-12-27-2)23-14-16-5-4-6-18(13-16)28-15-19(21)26;/h4-6,13,17H,3,7-12,14-15H2,1-2H3,(H2,21,26)(H2,22,23,24);1H. The van der Waals surface area contributed by atoms with Crippen molar-refractivity contribution < 1.29 is 14.3 Å². The van der Waals surface area contributed by atoms with Crippen molar-refractivity contribution in [1.29, 1.82) is 0 Å². The zero-order chi connectivity index (χ0) is 20.2. The molecule has 8 nitrogen and oxygen atoms in total. The Morgan fingerprint density at radius 1 is 1.34 bits per heavy atom. The molecule has 1 aliphatic rings. The molecule has 1 amide bonds. The molecule has 2 rings (SSSR count). The van der Waals surface area contributed by atoms with Gasteiger partial charge in [-0.1, -0.05) is 12.1 Å². The number of guanidine groups is 1. The maximum atomic E-state index is 10.9. The Morgan fingerprint density at radius 3 is 2.76 bits per heavy atom. The summed E-state index contributed by atoms with van der Waals surface area (Å²) in [6, 6.07) is 7.97. The summed E-state index contributed by atoms with van der Waals surface area (Å²) in [4.78, 5) is 18.0. The maximum Gasteiger partial charge on any atom is 0.255 e. The van der Waals surface area contributed by atoms with Crippen LogP contribution in [0.1, 0.15) is 25.3 Å². The molecule has 1 saturated heterocycles. The number of halogens is 1. The summed E-state index contributed by atoms with van der Waals surface area (Å²) in [5, 5.41) is 6.86. The van der Waals surface area contributed by atoms with E-state index in [2.05, 4.69) is 22.5 Å². The minimum Gasteiger partial charge on any atom is -0.484 e. The predicted octanol–water partition coefficient (Wildman–Crippen LogP) is 1.33. The van der Waals surface area contributed by atoms with Crippen LogP contribution < -0.4 is 21.1 Å². The van der Waals surface area contributed by atoms with E-state index in [0.29, 0.717) is 18.3 Å². The molecule has 0 spiro atoms. The number of nitrogens with one attached hydrogen (secondary N) is 2.